The molecule has 7 heteroatoms. The number of hydrogen-bond donors (Lipinski definition) is 2. The molecule has 2 N–H and O–H groups in total. The predicted molar refractivity (Wildman–Crippen MR) is 110 cm³/mol. The topological polar surface area (TPSA) is 84.3 Å². The van der Waals surface area contributed by atoms with E-state index in [0.717, 1.165) is 16.5 Å². The van der Waals surface area contributed by atoms with Crippen molar-refractivity contribution in [3.8, 4) is 0 Å². The van der Waals surface area contributed by atoms with E-state index in [9.17, 15) is 14.9 Å². The molecule has 1 amide bonds. The van der Waals surface area contributed by atoms with Gasteiger partial charge in [0.25, 0.3) is 5.69 Å². The van der Waals surface area contributed by atoms with Gasteiger partial charge in [0.2, 0.25) is 5.91 Å². The summed E-state index contributed by atoms with van der Waals surface area (Å²) >= 11 is 5.19. The van der Waals surface area contributed by atoms with Crippen LogP contribution in [-0.4, -0.2) is 15.9 Å². The molecule has 0 aliphatic carbocycles. The largest absolute Gasteiger partial charge is 0.332 e. The smallest absolute Gasteiger partial charge is 0.270 e. The summed E-state index contributed by atoms with van der Waals surface area (Å²) in [6.45, 7) is 0. The Morgan fingerprint density at radius 3 is 2.59 bits per heavy atom. The van der Waals surface area contributed by atoms with E-state index in [2.05, 4.69) is 10.6 Å². The lowest BCUT2D eigenvalue weighted by atomic mass is 10.1. The molecule has 0 radical (unpaired) electrons. The molecule has 0 atom stereocenters. The van der Waals surface area contributed by atoms with Crippen molar-refractivity contribution in [3.05, 3.63) is 88.5 Å². The summed E-state index contributed by atoms with van der Waals surface area (Å²) in [5.41, 5.74) is 1.30. The fourth-order valence-corrected chi connectivity index (χ4v) is 2.77. The van der Waals surface area contributed by atoms with Gasteiger partial charge < -0.3 is 5.32 Å². The van der Waals surface area contributed by atoms with Crippen LogP contribution in [0.2, 0.25) is 0 Å². The summed E-state index contributed by atoms with van der Waals surface area (Å²) in [5.74, 6) is -0.431. The maximum Gasteiger partial charge on any atom is 0.270 e. The standard InChI is InChI=1S/C20H15N3O3S/c24-19(12-11-14-5-3-8-16(13-14)23(25)26)22-20(27)21-18-10-4-7-15-6-1-2-9-17(15)18/h1-13H,(H2,21,22,24,27)/b12-11+. The highest BCUT2D eigenvalue weighted by Crippen LogP contribution is 2.22. The number of rotatable bonds is 4. The van der Waals surface area contributed by atoms with Crippen LogP contribution >= 0.6 is 12.2 Å². The Morgan fingerprint density at radius 2 is 1.78 bits per heavy atom. The minimum Gasteiger partial charge on any atom is -0.332 e. The quantitative estimate of drug-likeness (QED) is 0.307. The molecule has 134 valence electrons. The highest BCUT2D eigenvalue weighted by atomic mass is 32.1. The Balaban J connectivity index is 1.64. The van der Waals surface area contributed by atoms with Crippen molar-refractivity contribution < 1.29 is 9.72 Å². The number of non-ortho nitro benzene ring substituents is 1. The average Bonchev–Trinajstić information content (AvgIpc) is 2.67. The summed E-state index contributed by atoms with van der Waals surface area (Å²) < 4.78 is 0. The molecule has 0 unspecified atom stereocenters. The molecule has 27 heavy (non-hydrogen) atoms. The second-order valence-electron chi connectivity index (χ2n) is 5.66. The summed E-state index contributed by atoms with van der Waals surface area (Å²) in [7, 11) is 0. The Morgan fingerprint density at radius 1 is 1.04 bits per heavy atom. The number of nitrogens with zero attached hydrogens (tertiary/aromatic N) is 1. The third kappa shape index (κ3) is 4.74. The van der Waals surface area contributed by atoms with Crippen molar-refractivity contribution in [3.63, 3.8) is 0 Å². The van der Waals surface area contributed by atoms with Crippen LogP contribution in [0.5, 0.6) is 0 Å². The number of carbonyl (C=O) groups excluding carboxylic acids is 1. The molecule has 3 aromatic rings. The number of fused-ring (bicyclic) bond motifs is 1. The highest BCUT2D eigenvalue weighted by molar-refractivity contribution is 7.80. The summed E-state index contributed by atoms with van der Waals surface area (Å²) in [6.07, 6.45) is 2.76. The van der Waals surface area contributed by atoms with Gasteiger partial charge >= 0.3 is 0 Å². The van der Waals surface area contributed by atoms with Crippen molar-refractivity contribution in [1.82, 2.24) is 5.32 Å². The van der Waals surface area contributed by atoms with Crippen LogP contribution in [0.3, 0.4) is 0 Å². The SMILES string of the molecule is O=C(/C=C/c1cccc([N+](=O)[O-])c1)NC(=S)Nc1cccc2ccccc12. The second kappa shape index (κ2) is 8.20. The van der Waals surface area contributed by atoms with Gasteiger partial charge in [-0.1, -0.05) is 48.5 Å². The number of thiocarbonyl (C=S) groups is 1. The second-order valence-corrected chi connectivity index (χ2v) is 6.06. The normalized spacial score (nSPS) is 10.7. The van der Waals surface area contributed by atoms with Gasteiger partial charge in [-0.2, -0.15) is 0 Å². The Bertz CT molecular complexity index is 1060. The van der Waals surface area contributed by atoms with Gasteiger partial charge in [-0.15, -0.1) is 0 Å². The minimum atomic E-state index is -0.485. The molecule has 0 bridgehead atoms. The molecule has 0 saturated carbocycles. The Kier molecular flexibility index (Phi) is 5.53. The summed E-state index contributed by atoms with van der Waals surface area (Å²) in [6, 6.07) is 19.6. The molecule has 0 fully saturated rings. The lowest BCUT2D eigenvalue weighted by Gasteiger charge is -2.10. The number of nitro benzene ring substituents is 1. The first kappa shape index (κ1) is 18.2. The van der Waals surface area contributed by atoms with Gasteiger partial charge in [-0.3, -0.25) is 20.2 Å². The molecule has 0 heterocycles. The zero-order valence-electron chi connectivity index (χ0n) is 14.1. The number of carbonyl (C=O) groups is 1. The third-order valence-corrected chi connectivity index (χ3v) is 3.99. The maximum atomic E-state index is 12.0. The lowest BCUT2D eigenvalue weighted by molar-refractivity contribution is -0.384. The number of amides is 1. The predicted octanol–water partition coefficient (Wildman–Crippen LogP) is 4.27. The summed E-state index contributed by atoms with van der Waals surface area (Å²) in [5, 5.41) is 18.6. The molecule has 0 saturated heterocycles. The van der Waals surface area contributed by atoms with Crippen molar-refractivity contribution in [1.29, 1.82) is 0 Å². The van der Waals surface area contributed by atoms with Crippen LogP contribution in [0.15, 0.2) is 72.8 Å². The van der Waals surface area contributed by atoms with Crippen molar-refractivity contribution in [2.24, 2.45) is 0 Å². The fraction of sp³-hybridized carbons (Fsp3) is 0. The number of hydrogen-bond acceptors (Lipinski definition) is 4. The third-order valence-electron chi connectivity index (χ3n) is 3.78. The van der Waals surface area contributed by atoms with Crippen molar-refractivity contribution in [2.75, 3.05) is 5.32 Å². The van der Waals surface area contributed by atoms with Crippen LogP contribution in [0, 0.1) is 10.1 Å². The van der Waals surface area contributed by atoms with E-state index in [1.54, 1.807) is 12.1 Å². The van der Waals surface area contributed by atoms with Gasteiger partial charge in [0.05, 0.1) is 4.92 Å². The minimum absolute atomic E-state index is 0.0364. The zero-order chi connectivity index (χ0) is 19.2. The van der Waals surface area contributed by atoms with E-state index in [1.165, 1.54) is 24.3 Å². The molecule has 0 spiro atoms. The first-order chi connectivity index (χ1) is 13.0. The van der Waals surface area contributed by atoms with E-state index < -0.39 is 10.8 Å². The van der Waals surface area contributed by atoms with E-state index in [1.807, 2.05) is 42.5 Å². The van der Waals surface area contributed by atoms with Crippen LogP contribution in [0.4, 0.5) is 11.4 Å². The first-order valence-electron chi connectivity index (χ1n) is 8.05. The van der Waals surface area contributed by atoms with Gasteiger partial charge in [-0.05, 0) is 35.3 Å². The molecule has 0 aliphatic heterocycles. The molecule has 3 aromatic carbocycles. The van der Waals surface area contributed by atoms with Gasteiger partial charge in [0, 0.05) is 29.3 Å². The zero-order valence-corrected chi connectivity index (χ0v) is 14.9. The first-order valence-corrected chi connectivity index (χ1v) is 8.46. The molecular formula is C20H15N3O3S. The van der Waals surface area contributed by atoms with Crippen LogP contribution in [0.25, 0.3) is 16.8 Å². The maximum absolute atomic E-state index is 12.0. The van der Waals surface area contributed by atoms with E-state index in [4.69, 9.17) is 12.2 Å². The highest BCUT2D eigenvalue weighted by Gasteiger charge is 2.06. The van der Waals surface area contributed by atoms with Crippen molar-refractivity contribution in [2.45, 2.75) is 0 Å². The molecular weight excluding hydrogens is 362 g/mol. The van der Waals surface area contributed by atoms with E-state index in [0.29, 0.717) is 5.56 Å². The summed E-state index contributed by atoms with van der Waals surface area (Å²) in [4.78, 5) is 22.3. The van der Waals surface area contributed by atoms with Crippen molar-refractivity contribution >= 4 is 51.5 Å². The number of benzene rings is 3. The Hall–Kier alpha value is -3.58. The van der Waals surface area contributed by atoms with E-state index in [-0.39, 0.29) is 10.8 Å². The van der Waals surface area contributed by atoms with Gasteiger partial charge in [-0.25, -0.2) is 0 Å². The fourth-order valence-electron chi connectivity index (χ4n) is 2.56. The molecule has 6 nitrogen and oxygen atoms in total. The van der Waals surface area contributed by atoms with Gasteiger partial charge in [0.1, 0.15) is 0 Å². The Labute approximate surface area is 160 Å². The van der Waals surface area contributed by atoms with Crippen LogP contribution in [0.1, 0.15) is 5.56 Å². The molecule has 3 rings (SSSR count). The monoisotopic (exact) mass is 377 g/mol. The number of nitro groups is 1. The van der Waals surface area contributed by atoms with E-state index >= 15 is 0 Å². The molecule has 0 aromatic heterocycles. The average molecular weight is 377 g/mol. The molecule has 0 aliphatic rings. The lowest BCUT2D eigenvalue weighted by Crippen LogP contribution is -2.32. The number of anilines is 1. The van der Waals surface area contributed by atoms with Crippen LogP contribution < -0.4 is 10.6 Å². The van der Waals surface area contributed by atoms with Crippen LogP contribution in [-0.2, 0) is 4.79 Å². The number of nitrogens with one attached hydrogen (secondary N) is 2. The van der Waals surface area contributed by atoms with Gasteiger partial charge in [0.15, 0.2) is 5.11 Å².